The predicted octanol–water partition coefficient (Wildman–Crippen LogP) is 3.19. The molecule has 0 saturated heterocycles. The first-order valence-electron chi connectivity index (χ1n) is 9.70. The lowest BCUT2D eigenvalue weighted by atomic mass is 9.89. The summed E-state index contributed by atoms with van der Waals surface area (Å²) in [5.74, 6) is 1.04. The van der Waals surface area contributed by atoms with E-state index >= 15 is 0 Å². The highest BCUT2D eigenvalue weighted by molar-refractivity contribution is 7.92. The Hall–Kier alpha value is -2.74. The zero-order valence-electron chi connectivity index (χ0n) is 17.9. The average molecular weight is 433 g/mol. The van der Waals surface area contributed by atoms with Crippen molar-refractivity contribution in [3.05, 3.63) is 53.6 Å². The summed E-state index contributed by atoms with van der Waals surface area (Å²) in [5, 5.41) is 3.05. The number of fused-ring (bicyclic) bond motifs is 1. The van der Waals surface area contributed by atoms with Crippen molar-refractivity contribution in [2.24, 2.45) is 0 Å². The summed E-state index contributed by atoms with van der Waals surface area (Å²) in [5.41, 5.74) is 2.20. The smallest absolute Gasteiger partial charge is 0.258 e. The molecule has 8 heteroatoms. The summed E-state index contributed by atoms with van der Waals surface area (Å²) in [6.45, 7) is 5.87. The van der Waals surface area contributed by atoms with Crippen molar-refractivity contribution >= 4 is 21.6 Å². The SMILES string of the molecule is Cc1ccc2c(c1)[C@H](NC(=O)COc1ccc(N(C)S(C)(=O)=O)cc1)CC(C)(C)O2. The molecule has 162 valence electrons. The molecule has 0 fully saturated rings. The first-order valence-corrected chi connectivity index (χ1v) is 11.6. The number of carbonyl (C=O) groups is 1. The van der Waals surface area contributed by atoms with Crippen LogP contribution in [0.1, 0.15) is 37.4 Å². The lowest BCUT2D eigenvalue weighted by molar-refractivity contribution is -0.124. The molecule has 7 nitrogen and oxygen atoms in total. The van der Waals surface area contributed by atoms with Crippen LogP contribution in [0.5, 0.6) is 11.5 Å². The van der Waals surface area contributed by atoms with Crippen LogP contribution in [0.3, 0.4) is 0 Å². The normalized spacial score (nSPS) is 17.4. The van der Waals surface area contributed by atoms with Gasteiger partial charge in [-0.2, -0.15) is 0 Å². The predicted molar refractivity (Wildman–Crippen MR) is 117 cm³/mol. The zero-order valence-corrected chi connectivity index (χ0v) is 18.7. The first kappa shape index (κ1) is 22.0. The fraction of sp³-hybridized carbons (Fsp3) is 0.409. The van der Waals surface area contributed by atoms with E-state index in [1.54, 1.807) is 24.3 Å². The highest BCUT2D eigenvalue weighted by Crippen LogP contribution is 2.39. The van der Waals surface area contributed by atoms with Crippen molar-refractivity contribution in [1.82, 2.24) is 5.32 Å². The van der Waals surface area contributed by atoms with E-state index in [4.69, 9.17) is 9.47 Å². The number of ether oxygens (including phenoxy) is 2. The van der Waals surface area contributed by atoms with E-state index in [0.29, 0.717) is 17.9 Å². The zero-order chi connectivity index (χ0) is 22.1. The van der Waals surface area contributed by atoms with Crippen LogP contribution in [-0.2, 0) is 14.8 Å². The Labute approximate surface area is 178 Å². The lowest BCUT2D eigenvalue weighted by Gasteiger charge is -2.38. The average Bonchev–Trinajstić information content (AvgIpc) is 2.65. The summed E-state index contributed by atoms with van der Waals surface area (Å²) >= 11 is 0. The number of aryl methyl sites for hydroxylation is 1. The number of benzene rings is 2. The van der Waals surface area contributed by atoms with Crippen LogP contribution in [0.2, 0.25) is 0 Å². The Morgan fingerprint density at radius 1 is 1.23 bits per heavy atom. The molecule has 1 aliphatic rings. The van der Waals surface area contributed by atoms with E-state index in [-0.39, 0.29) is 24.2 Å². The Bertz CT molecular complexity index is 1030. The fourth-order valence-corrected chi connectivity index (χ4v) is 3.94. The largest absolute Gasteiger partial charge is 0.487 e. The number of sulfonamides is 1. The van der Waals surface area contributed by atoms with Crippen molar-refractivity contribution in [3.63, 3.8) is 0 Å². The summed E-state index contributed by atoms with van der Waals surface area (Å²) in [6.07, 6.45) is 1.79. The van der Waals surface area contributed by atoms with Crippen LogP contribution in [-0.4, -0.2) is 39.8 Å². The van der Waals surface area contributed by atoms with E-state index < -0.39 is 10.0 Å². The molecular formula is C22H28N2O5S. The standard InChI is InChI=1S/C22H28N2O5S/c1-15-6-11-20-18(12-15)19(13-22(2,3)29-20)23-21(25)14-28-17-9-7-16(8-10-17)24(4)30(5,26)27/h6-12,19H,13-14H2,1-5H3,(H,23,25)/t19-/m1/s1. The van der Waals surface area contributed by atoms with Gasteiger partial charge in [0.15, 0.2) is 6.61 Å². The Morgan fingerprint density at radius 2 is 1.90 bits per heavy atom. The monoisotopic (exact) mass is 432 g/mol. The minimum atomic E-state index is -3.33. The third-order valence-electron chi connectivity index (χ3n) is 5.03. The molecule has 0 radical (unpaired) electrons. The van der Waals surface area contributed by atoms with Gasteiger partial charge in [0, 0.05) is 19.0 Å². The number of rotatable bonds is 6. The quantitative estimate of drug-likeness (QED) is 0.758. The molecule has 0 aromatic heterocycles. The van der Waals surface area contributed by atoms with Crippen LogP contribution >= 0.6 is 0 Å². The van der Waals surface area contributed by atoms with Gasteiger partial charge in [0.2, 0.25) is 10.0 Å². The molecule has 1 amide bonds. The lowest BCUT2D eigenvalue weighted by Crippen LogP contribution is -2.42. The van der Waals surface area contributed by atoms with Gasteiger partial charge in [0.1, 0.15) is 17.1 Å². The molecular weight excluding hydrogens is 404 g/mol. The van der Waals surface area contributed by atoms with Crippen molar-refractivity contribution in [2.75, 3.05) is 24.2 Å². The Balaban J connectivity index is 1.63. The second-order valence-corrected chi connectivity index (χ2v) is 10.3. The number of nitrogens with one attached hydrogen (secondary N) is 1. The second-order valence-electron chi connectivity index (χ2n) is 8.24. The Kier molecular flexibility index (Phi) is 5.99. The molecule has 1 heterocycles. The van der Waals surface area contributed by atoms with Gasteiger partial charge in [-0.15, -0.1) is 0 Å². The number of amides is 1. The van der Waals surface area contributed by atoms with Gasteiger partial charge in [-0.1, -0.05) is 17.7 Å². The Morgan fingerprint density at radius 3 is 2.53 bits per heavy atom. The molecule has 2 aromatic rings. The van der Waals surface area contributed by atoms with Gasteiger partial charge >= 0.3 is 0 Å². The molecule has 1 N–H and O–H groups in total. The molecule has 0 spiro atoms. The highest BCUT2D eigenvalue weighted by atomic mass is 32.2. The molecule has 0 aliphatic carbocycles. The maximum Gasteiger partial charge on any atom is 0.258 e. The van der Waals surface area contributed by atoms with E-state index in [0.717, 1.165) is 23.1 Å². The van der Waals surface area contributed by atoms with Gasteiger partial charge in [0.25, 0.3) is 5.91 Å². The minimum absolute atomic E-state index is 0.139. The fourth-order valence-electron chi connectivity index (χ4n) is 3.43. The van der Waals surface area contributed by atoms with E-state index in [9.17, 15) is 13.2 Å². The molecule has 1 atom stereocenters. The third-order valence-corrected chi connectivity index (χ3v) is 6.23. The van der Waals surface area contributed by atoms with Crippen molar-refractivity contribution < 1.29 is 22.7 Å². The van der Waals surface area contributed by atoms with E-state index in [2.05, 4.69) is 5.32 Å². The number of hydrogen-bond acceptors (Lipinski definition) is 5. The highest BCUT2D eigenvalue weighted by Gasteiger charge is 2.34. The van der Waals surface area contributed by atoms with Crippen molar-refractivity contribution in [3.8, 4) is 11.5 Å². The molecule has 0 bridgehead atoms. The maximum atomic E-state index is 12.5. The van der Waals surface area contributed by atoms with Gasteiger partial charge in [-0.3, -0.25) is 9.10 Å². The van der Waals surface area contributed by atoms with Crippen molar-refractivity contribution in [1.29, 1.82) is 0 Å². The number of nitrogens with zero attached hydrogens (tertiary/aromatic N) is 1. The topological polar surface area (TPSA) is 84.9 Å². The molecule has 0 saturated carbocycles. The molecule has 2 aromatic carbocycles. The maximum absolute atomic E-state index is 12.5. The van der Waals surface area contributed by atoms with Gasteiger partial charge in [-0.25, -0.2) is 8.42 Å². The van der Waals surface area contributed by atoms with Crippen LogP contribution in [0, 0.1) is 6.92 Å². The summed E-state index contributed by atoms with van der Waals surface area (Å²) in [4.78, 5) is 12.5. The van der Waals surface area contributed by atoms with Crippen LogP contribution in [0.15, 0.2) is 42.5 Å². The number of hydrogen-bond donors (Lipinski definition) is 1. The van der Waals surface area contributed by atoms with Crippen LogP contribution in [0.25, 0.3) is 0 Å². The summed E-state index contributed by atoms with van der Waals surface area (Å²) < 4.78 is 36.0. The minimum Gasteiger partial charge on any atom is -0.487 e. The van der Waals surface area contributed by atoms with Gasteiger partial charge in [0.05, 0.1) is 18.0 Å². The van der Waals surface area contributed by atoms with Crippen LogP contribution in [0.4, 0.5) is 5.69 Å². The van der Waals surface area contributed by atoms with Gasteiger partial charge in [-0.05, 0) is 51.1 Å². The number of carbonyl (C=O) groups excluding carboxylic acids is 1. The molecule has 1 aliphatic heterocycles. The van der Waals surface area contributed by atoms with E-state index in [1.807, 2.05) is 39.0 Å². The van der Waals surface area contributed by atoms with Crippen molar-refractivity contribution in [2.45, 2.75) is 38.8 Å². The molecule has 3 rings (SSSR count). The van der Waals surface area contributed by atoms with E-state index in [1.165, 1.54) is 11.4 Å². The summed E-state index contributed by atoms with van der Waals surface area (Å²) in [6, 6.07) is 12.4. The third kappa shape index (κ3) is 5.24. The molecule has 30 heavy (non-hydrogen) atoms. The summed E-state index contributed by atoms with van der Waals surface area (Å²) in [7, 11) is -1.85. The van der Waals surface area contributed by atoms with Gasteiger partial charge < -0.3 is 14.8 Å². The number of anilines is 1. The second kappa shape index (κ2) is 8.18. The first-order chi connectivity index (χ1) is 13.9. The molecule has 0 unspecified atom stereocenters. The van der Waals surface area contributed by atoms with Crippen LogP contribution < -0.4 is 19.1 Å².